The van der Waals surface area contributed by atoms with Gasteiger partial charge in [0.25, 0.3) is 0 Å². The van der Waals surface area contributed by atoms with Crippen molar-refractivity contribution in [1.82, 2.24) is 0 Å². The quantitative estimate of drug-likeness (QED) is 0.204. The summed E-state index contributed by atoms with van der Waals surface area (Å²) in [7, 11) is 0. The zero-order chi connectivity index (χ0) is 33.7. The summed E-state index contributed by atoms with van der Waals surface area (Å²) < 4.78 is 1.42. The Labute approximate surface area is 319 Å². The first-order valence-electron chi connectivity index (χ1n) is 16.8. The summed E-state index contributed by atoms with van der Waals surface area (Å²) in [4.78, 5) is 0. The number of hydrogen-bond donors (Lipinski definition) is 0. The first-order valence-corrected chi connectivity index (χ1v) is 18.0. The molecule has 0 fully saturated rings. The Kier molecular flexibility index (Phi) is 15.3. The molecule has 1 unspecified atom stereocenters. The first-order chi connectivity index (χ1) is 21.6. The number of hydrogen-bond acceptors (Lipinski definition) is 0. The Morgan fingerprint density at radius 3 is 1.60 bits per heavy atom. The molecule has 6 rings (SSSR count). The van der Waals surface area contributed by atoms with Crippen molar-refractivity contribution in [3.63, 3.8) is 0 Å². The van der Waals surface area contributed by atoms with E-state index in [9.17, 15) is 0 Å². The van der Waals surface area contributed by atoms with Crippen LogP contribution in [0.1, 0.15) is 109 Å². The van der Waals surface area contributed by atoms with Gasteiger partial charge in [-0.05, 0) is 6.42 Å². The minimum Gasteiger partial charge on any atom is -1.00 e. The van der Waals surface area contributed by atoms with E-state index in [1.807, 2.05) is 6.07 Å². The maximum Gasteiger partial charge on any atom is -0.0253 e. The summed E-state index contributed by atoms with van der Waals surface area (Å²) in [5.74, 6) is 0.573. The molecule has 0 heterocycles. The number of halogens is 2. The number of benzene rings is 4. The summed E-state index contributed by atoms with van der Waals surface area (Å²) in [6, 6.07) is 36.2. The summed E-state index contributed by atoms with van der Waals surface area (Å²) in [6.07, 6.45) is 10.1. The van der Waals surface area contributed by atoms with Crippen LogP contribution in [0.5, 0.6) is 0 Å². The molecule has 1 atom stereocenters. The van der Waals surface area contributed by atoms with Gasteiger partial charge in [0.2, 0.25) is 0 Å². The Morgan fingerprint density at radius 2 is 1.17 bits per heavy atom. The average Bonchev–Trinajstić information content (AvgIpc) is 3.66. The minimum atomic E-state index is 0. The van der Waals surface area contributed by atoms with Gasteiger partial charge in [0.05, 0.1) is 0 Å². The van der Waals surface area contributed by atoms with Crippen LogP contribution in [-0.2, 0) is 41.5 Å². The molecule has 252 valence electrons. The number of rotatable bonds is 3. The fourth-order valence-electron chi connectivity index (χ4n) is 5.65. The van der Waals surface area contributed by atoms with E-state index in [2.05, 4.69) is 178 Å². The molecule has 0 N–H and O–H groups in total. The van der Waals surface area contributed by atoms with Crippen molar-refractivity contribution in [2.75, 3.05) is 0 Å². The van der Waals surface area contributed by atoms with Gasteiger partial charge in [0.1, 0.15) is 0 Å². The van der Waals surface area contributed by atoms with Crippen LogP contribution in [-0.4, -0.2) is 3.21 Å². The van der Waals surface area contributed by atoms with Crippen molar-refractivity contribution in [2.45, 2.75) is 92.9 Å². The zero-order valence-electron chi connectivity index (χ0n) is 30.6. The van der Waals surface area contributed by atoms with Crippen LogP contribution in [0.3, 0.4) is 0 Å². The van der Waals surface area contributed by atoms with Crippen molar-refractivity contribution in [1.29, 1.82) is 0 Å². The monoisotopic (exact) mass is 752 g/mol. The van der Waals surface area contributed by atoms with Crippen LogP contribution in [0.15, 0.2) is 109 Å². The van der Waals surface area contributed by atoms with E-state index in [0.717, 1.165) is 6.42 Å². The maximum absolute atomic E-state index is 3.35. The molecule has 0 saturated heterocycles. The van der Waals surface area contributed by atoms with Crippen LogP contribution >= 0.6 is 0 Å². The topological polar surface area (TPSA) is 0 Å². The first kappa shape index (κ1) is 41.9. The molecule has 2 aliphatic rings. The van der Waals surface area contributed by atoms with Gasteiger partial charge in [-0.25, -0.2) is 6.08 Å². The van der Waals surface area contributed by atoms with Crippen LogP contribution in [0, 0.1) is 23.5 Å². The second-order valence-corrected chi connectivity index (χ2v) is 16.9. The van der Waals surface area contributed by atoms with Gasteiger partial charge in [-0.1, -0.05) is 80.8 Å². The number of fused-ring (bicyclic) bond motifs is 3. The molecule has 4 aromatic carbocycles. The molecule has 48 heavy (non-hydrogen) atoms. The fraction of sp³-hybridized carbons (Fsp3) is 0.356. The third-order valence-corrected chi connectivity index (χ3v) is 10.3. The van der Waals surface area contributed by atoms with E-state index in [1.54, 1.807) is 0 Å². The summed E-state index contributed by atoms with van der Waals surface area (Å²) in [5, 5.41) is 0. The third kappa shape index (κ3) is 11.1. The van der Waals surface area contributed by atoms with E-state index < -0.39 is 0 Å². The largest absolute Gasteiger partial charge is 1.00 e. The van der Waals surface area contributed by atoms with Gasteiger partial charge >= 0.3 is 151 Å². The van der Waals surface area contributed by atoms with E-state index in [1.165, 1.54) is 83.9 Å². The fourth-order valence-corrected chi connectivity index (χ4v) is 6.47. The molecule has 3 heteroatoms. The molecule has 0 aromatic heterocycles. The predicted molar refractivity (Wildman–Crippen MR) is 196 cm³/mol. The predicted octanol–water partition coefficient (Wildman–Crippen LogP) is 5.82. The van der Waals surface area contributed by atoms with Crippen LogP contribution in [0.25, 0.3) is 11.1 Å². The summed E-state index contributed by atoms with van der Waals surface area (Å²) in [6.45, 7) is 22.5. The second-order valence-electron chi connectivity index (χ2n) is 15.6. The Hall–Kier alpha value is -2.31. The molecule has 0 nitrogen and oxygen atoms in total. The van der Waals surface area contributed by atoms with Crippen molar-refractivity contribution in [2.24, 2.45) is 11.3 Å². The van der Waals surface area contributed by atoms with Crippen LogP contribution < -0.4 is 24.8 Å². The molecule has 2 aliphatic carbocycles. The summed E-state index contributed by atoms with van der Waals surface area (Å²) >= 11 is 1.46. The number of allylic oxidation sites excluding steroid dienone is 4. The molecule has 0 amide bonds. The molecule has 0 spiro atoms. The average molecular weight is 755 g/mol. The molecule has 0 radical (unpaired) electrons. The molecular weight excluding hydrogens is 703 g/mol. The molecule has 0 aliphatic heterocycles. The minimum absolute atomic E-state index is 0. The van der Waals surface area contributed by atoms with E-state index >= 15 is 0 Å². The van der Waals surface area contributed by atoms with Gasteiger partial charge in [-0.15, -0.1) is 5.56 Å². The van der Waals surface area contributed by atoms with Gasteiger partial charge in [-0.2, -0.15) is 41.5 Å². The van der Waals surface area contributed by atoms with Crippen molar-refractivity contribution < 1.29 is 49.0 Å². The Morgan fingerprint density at radius 1 is 0.667 bits per heavy atom. The van der Waals surface area contributed by atoms with Crippen molar-refractivity contribution in [3.8, 4) is 11.1 Å². The van der Waals surface area contributed by atoms with E-state index in [-0.39, 0.29) is 35.6 Å². The second kappa shape index (κ2) is 17.6. The van der Waals surface area contributed by atoms with Gasteiger partial charge in [-0.3, -0.25) is 6.08 Å². The Bertz CT molecular complexity index is 1580. The van der Waals surface area contributed by atoms with Crippen LogP contribution in [0.4, 0.5) is 0 Å². The maximum atomic E-state index is 3.35. The van der Waals surface area contributed by atoms with E-state index in [0.29, 0.717) is 11.3 Å². The molecule has 4 aromatic rings. The Balaban J connectivity index is 0.000000263. The smallest absolute Gasteiger partial charge is 0.0253 e. The molecule has 0 bridgehead atoms. The van der Waals surface area contributed by atoms with Gasteiger partial charge in [0.15, 0.2) is 0 Å². The summed E-state index contributed by atoms with van der Waals surface area (Å²) in [5.41, 5.74) is 13.1. The molecule has 0 saturated carbocycles. The van der Waals surface area contributed by atoms with Crippen molar-refractivity contribution in [3.05, 3.63) is 154 Å². The standard InChI is InChI=1S/C21H26.C13H9.C11H17.2ClH.Zr/c1-20(2,3)18-11-7-16(8-12-18)15-17-9-13-19(14-10-17)21(4,5)6;1-3-7-12-10(5-1)9-11-6-2-4-8-13(11)12;1-5-9-6-7-10(8-9)11(2,3)4;;;/h7-14H,1-6H3;1-5,7-8H,9H2;7-9H,5H2,1-4H3;2*1H;/q;2*-1;;;+2/p-2. The van der Waals surface area contributed by atoms with Crippen molar-refractivity contribution >= 4 is 3.21 Å². The third-order valence-electron chi connectivity index (χ3n) is 8.84. The van der Waals surface area contributed by atoms with Gasteiger partial charge < -0.3 is 24.8 Å². The SMILES string of the molecule is CC(C)(C)c1ccc([C](=[Zr+2])c2ccc(C(C)(C)C)cc2)cc1.CCC1[C-]=CC(C(C)(C)C)=C1.[Cl-].[Cl-].[c-]1cccc2c1Cc1ccccc1-2. The van der Waals surface area contributed by atoms with Gasteiger partial charge in [0, 0.05) is 0 Å². The van der Waals surface area contributed by atoms with E-state index in [4.69, 9.17) is 0 Å². The normalized spacial score (nSPS) is 14.5. The molecular formula is C45H52Cl2Zr-2. The zero-order valence-corrected chi connectivity index (χ0v) is 34.5. The van der Waals surface area contributed by atoms with Crippen LogP contribution in [0.2, 0.25) is 0 Å².